The third-order valence-electron chi connectivity index (χ3n) is 4.30. The van der Waals surface area contributed by atoms with Crippen LogP contribution in [0.15, 0.2) is 35.4 Å². The Morgan fingerprint density at radius 1 is 1.30 bits per heavy atom. The smallest absolute Gasteiger partial charge is 0.261 e. The number of nitrogens with zero attached hydrogens (tertiary/aromatic N) is 3. The van der Waals surface area contributed by atoms with Crippen LogP contribution >= 0.6 is 11.8 Å². The molecule has 7 nitrogen and oxygen atoms in total. The van der Waals surface area contributed by atoms with E-state index in [9.17, 15) is 14.4 Å². The van der Waals surface area contributed by atoms with E-state index in [-0.39, 0.29) is 35.9 Å². The summed E-state index contributed by atoms with van der Waals surface area (Å²) in [5.74, 6) is 0.816. The number of carbonyl (C=O) groups excluding carboxylic acids is 2. The summed E-state index contributed by atoms with van der Waals surface area (Å²) in [6.45, 7) is 5.99. The first kappa shape index (κ1) is 19.4. The van der Waals surface area contributed by atoms with Gasteiger partial charge in [-0.25, -0.2) is 4.98 Å². The summed E-state index contributed by atoms with van der Waals surface area (Å²) in [4.78, 5) is 43.5. The lowest BCUT2D eigenvalue weighted by molar-refractivity contribution is -0.138. The Kier molecular flexibility index (Phi) is 5.55. The topological polar surface area (TPSA) is 84.3 Å². The minimum Gasteiger partial charge on any atom is -0.350 e. The Morgan fingerprint density at radius 2 is 2.04 bits per heavy atom. The number of carbonyl (C=O) groups is 2. The van der Waals surface area contributed by atoms with Crippen LogP contribution in [0.4, 0.5) is 0 Å². The quantitative estimate of drug-likeness (QED) is 0.860. The molecule has 2 aromatic rings. The Bertz CT molecular complexity index is 919. The van der Waals surface area contributed by atoms with Gasteiger partial charge in [0.05, 0.1) is 23.1 Å². The van der Waals surface area contributed by atoms with Gasteiger partial charge >= 0.3 is 0 Å². The van der Waals surface area contributed by atoms with E-state index in [2.05, 4.69) is 10.3 Å². The average molecular weight is 388 g/mol. The molecule has 1 aromatic carbocycles. The zero-order chi connectivity index (χ0) is 19.6. The molecule has 1 aromatic heterocycles. The predicted molar refractivity (Wildman–Crippen MR) is 106 cm³/mol. The van der Waals surface area contributed by atoms with Gasteiger partial charge < -0.3 is 10.2 Å². The predicted octanol–water partition coefficient (Wildman–Crippen LogP) is 1.60. The van der Waals surface area contributed by atoms with Crippen molar-refractivity contribution in [3.63, 3.8) is 0 Å². The summed E-state index contributed by atoms with van der Waals surface area (Å²) in [6, 6.07) is 6.67. The van der Waals surface area contributed by atoms with Crippen molar-refractivity contribution in [3.05, 3.63) is 40.9 Å². The molecule has 2 heterocycles. The first-order valence-electron chi connectivity index (χ1n) is 8.90. The van der Waals surface area contributed by atoms with Crippen LogP contribution < -0.4 is 10.9 Å². The molecule has 8 heteroatoms. The van der Waals surface area contributed by atoms with Crippen molar-refractivity contribution in [2.24, 2.45) is 0 Å². The number of hydrogen-bond acceptors (Lipinski definition) is 5. The molecule has 1 fully saturated rings. The normalized spacial score (nSPS) is 17.3. The summed E-state index contributed by atoms with van der Waals surface area (Å²) >= 11 is 1.56. The minimum atomic E-state index is -0.465. The number of amides is 2. The fraction of sp³-hybridized carbons (Fsp3) is 0.474. The number of aryl methyl sites for hydroxylation is 1. The molecule has 0 bridgehead atoms. The fourth-order valence-corrected chi connectivity index (χ4v) is 4.16. The van der Waals surface area contributed by atoms with Crippen molar-refractivity contribution < 1.29 is 9.59 Å². The van der Waals surface area contributed by atoms with Gasteiger partial charge in [-0.15, -0.1) is 11.8 Å². The fourth-order valence-electron chi connectivity index (χ4n) is 2.98. The molecule has 1 N–H and O–H groups in total. The maximum atomic E-state index is 12.7. The molecule has 0 saturated carbocycles. The van der Waals surface area contributed by atoms with Crippen LogP contribution in [-0.4, -0.2) is 49.5 Å². The molecule has 144 valence electrons. The van der Waals surface area contributed by atoms with Gasteiger partial charge in [0.2, 0.25) is 11.8 Å². The monoisotopic (exact) mass is 388 g/mol. The van der Waals surface area contributed by atoms with Gasteiger partial charge in [-0.1, -0.05) is 12.1 Å². The third-order valence-corrected chi connectivity index (χ3v) is 5.31. The van der Waals surface area contributed by atoms with Gasteiger partial charge in [0.25, 0.3) is 5.56 Å². The van der Waals surface area contributed by atoms with Crippen molar-refractivity contribution in [2.75, 3.05) is 11.6 Å². The molecule has 2 amide bonds. The van der Waals surface area contributed by atoms with Gasteiger partial charge in [-0.05, 0) is 32.9 Å². The van der Waals surface area contributed by atoms with Crippen molar-refractivity contribution in [2.45, 2.75) is 45.3 Å². The SMILES string of the molecule is CC(C)(C)NC(=O)C1CSCN1C(=O)CCn1cnc2ccccc2c1=O. The maximum Gasteiger partial charge on any atom is 0.261 e. The van der Waals surface area contributed by atoms with Gasteiger partial charge in [0.1, 0.15) is 6.04 Å². The van der Waals surface area contributed by atoms with Crippen LogP contribution in [0.5, 0.6) is 0 Å². The molecule has 27 heavy (non-hydrogen) atoms. The number of nitrogens with one attached hydrogen (secondary N) is 1. The molecule has 1 atom stereocenters. The summed E-state index contributed by atoms with van der Waals surface area (Å²) in [5.41, 5.74) is 0.134. The number of hydrogen-bond donors (Lipinski definition) is 1. The molecule has 1 aliphatic rings. The average Bonchev–Trinajstić information content (AvgIpc) is 3.10. The standard InChI is InChI=1S/C19H24N4O3S/c1-19(2,3)21-17(25)15-10-27-12-23(15)16(24)8-9-22-11-20-14-7-5-4-6-13(14)18(22)26/h4-7,11,15H,8-10,12H2,1-3H3,(H,21,25). The number of benzene rings is 1. The molecular formula is C19H24N4O3S. The first-order valence-corrected chi connectivity index (χ1v) is 10.1. The Morgan fingerprint density at radius 3 is 2.78 bits per heavy atom. The lowest BCUT2D eigenvalue weighted by Gasteiger charge is -2.27. The zero-order valence-corrected chi connectivity index (χ0v) is 16.6. The molecule has 3 rings (SSSR count). The third kappa shape index (κ3) is 4.50. The van der Waals surface area contributed by atoms with Crippen molar-refractivity contribution in [1.82, 2.24) is 19.8 Å². The molecule has 1 aliphatic heterocycles. The number of rotatable bonds is 4. The van der Waals surface area contributed by atoms with E-state index in [1.807, 2.05) is 26.8 Å². The number of thioether (sulfide) groups is 1. The zero-order valence-electron chi connectivity index (χ0n) is 15.8. The molecule has 0 aliphatic carbocycles. The molecular weight excluding hydrogens is 364 g/mol. The summed E-state index contributed by atoms with van der Waals surface area (Å²) < 4.78 is 1.45. The largest absolute Gasteiger partial charge is 0.350 e. The molecule has 1 unspecified atom stereocenters. The second-order valence-electron chi connectivity index (χ2n) is 7.63. The van der Waals surface area contributed by atoms with Crippen LogP contribution in [0, 0.1) is 0 Å². The molecule has 1 saturated heterocycles. The van der Waals surface area contributed by atoms with E-state index in [0.717, 1.165) is 0 Å². The van der Waals surface area contributed by atoms with E-state index in [1.54, 1.807) is 34.9 Å². The second kappa shape index (κ2) is 7.72. The highest BCUT2D eigenvalue weighted by Crippen LogP contribution is 2.22. The lowest BCUT2D eigenvalue weighted by atomic mass is 10.1. The van der Waals surface area contributed by atoms with E-state index in [1.165, 1.54) is 10.9 Å². The minimum absolute atomic E-state index is 0.130. The van der Waals surface area contributed by atoms with Crippen LogP contribution in [0.2, 0.25) is 0 Å². The Balaban J connectivity index is 1.68. The second-order valence-corrected chi connectivity index (χ2v) is 8.63. The van der Waals surface area contributed by atoms with Crippen LogP contribution in [0.1, 0.15) is 27.2 Å². The lowest BCUT2D eigenvalue weighted by Crippen LogP contribution is -2.52. The van der Waals surface area contributed by atoms with Crippen LogP contribution in [-0.2, 0) is 16.1 Å². The Hall–Kier alpha value is -2.35. The number of para-hydroxylation sites is 1. The van der Waals surface area contributed by atoms with Gasteiger partial charge in [0, 0.05) is 24.3 Å². The summed E-state index contributed by atoms with van der Waals surface area (Å²) in [5, 5.41) is 3.47. The van der Waals surface area contributed by atoms with E-state index in [4.69, 9.17) is 0 Å². The van der Waals surface area contributed by atoms with Crippen LogP contribution in [0.25, 0.3) is 10.9 Å². The Labute approximate surface area is 162 Å². The number of fused-ring (bicyclic) bond motifs is 1. The molecule has 0 radical (unpaired) electrons. The van der Waals surface area contributed by atoms with Gasteiger partial charge in [-0.2, -0.15) is 0 Å². The van der Waals surface area contributed by atoms with Crippen molar-refractivity contribution in [3.8, 4) is 0 Å². The summed E-state index contributed by atoms with van der Waals surface area (Å²) in [7, 11) is 0. The highest BCUT2D eigenvalue weighted by atomic mass is 32.2. The number of aromatic nitrogens is 2. The van der Waals surface area contributed by atoms with Crippen LogP contribution in [0.3, 0.4) is 0 Å². The van der Waals surface area contributed by atoms with Gasteiger partial charge in [-0.3, -0.25) is 19.0 Å². The highest BCUT2D eigenvalue weighted by Gasteiger charge is 2.35. The summed E-state index contributed by atoms with van der Waals surface area (Å²) in [6.07, 6.45) is 1.63. The van der Waals surface area contributed by atoms with E-state index >= 15 is 0 Å². The van der Waals surface area contributed by atoms with Crippen molar-refractivity contribution >= 4 is 34.5 Å². The highest BCUT2D eigenvalue weighted by molar-refractivity contribution is 7.99. The maximum absolute atomic E-state index is 12.7. The van der Waals surface area contributed by atoms with Gasteiger partial charge in [0.15, 0.2) is 0 Å². The van der Waals surface area contributed by atoms with Crippen molar-refractivity contribution in [1.29, 1.82) is 0 Å². The van der Waals surface area contributed by atoms with E-state index < -0.39 is 6.04 Å². The van der Waals surface area contributed by atoms with E-state index in [0.29, 0.717) is 22.5 Å². The molecule has 0 spiro atoms. The first-order chi connectivity index (χ1) is 12.8.